The SMILES string of the molecule is O=C(CN1C(=O)S/C(=C\c2cn(Cc3ccc4ccccc4c3)c3ccccc23)C1=O)Nc1ccccc1. The van der Waals surface area contributed by atoms with Crippen LogP contribution >= 0.6 is 11.8 Å². The van der Waals surface area contributed by atoms with Crippen molar-refractivity contribution < 1.29 is 14.4 Å². The quantitative estimate of drug-likeness (QED) is 0.260. The topological polar surface area (TPSA) is 71.4 Å². The number of rotatable bonds is 6. The van der Waals surface area contributed by atoms with Gasteiger partial charge in [0.1, 0.15) is 6.54 Å². The van der Waals surface area contributed by atoms with Crippen molar-refractivity contribution in [3.63, 3.8) is 0 Å². The Hall–Kier alpha value is -4.62. The van der Waals surface area contributed by atoms with Crippen molar-refractivity contribution in [1.82, 2.24) is 9.47 Å². The van der Waals surface area contributed by atoms with Gasteiger partial charge in [-0.25, -0.2) is 0 Å². The molecule has 0 aliphatic carbocycles. The number of benzene rings is 4. The molecule has 186 valence electrons. The van der Waals surface area contributed by atoms with Crippen LogP contribution in [-0.2, 0) is 16.1 Å². The van der Waals surface area contributed by atoms with Gasteiger partial charge in [-0.15, -0.1) is 0 Å². The van der Waals surface area contributed by atoms with Crippen LogP contribution in [0.15, 0.2) is 108 Å². The fourth-order valence-corrected chi connectivity index (χ4v) is 5.53. The molecule has 0 atom stereocenters. The summed E-state index contributed by atoms with van der Waals surface area (Å²) < 4.78 is 2.16. The predicted octanol–water partition coefficient (Wildman–Crippen LogP) is 6.52. The number of carbonyl (C=O) groups is 3. The number of hydrogen-bond acceptors (Lipinski definition) is 4. The Bertz CT molecular complexity index is 1740. The van der Waals surface area contributed by atoms with Crippen LogP contribution in [0.5, 0.6) is 0 Å². The van der Waals surface area contributed by atoms with E-state index in [1.807, 2.05) is 48.7 Å². The van der Waals surface area contributed by atoms with Crippen LogP contribution in [0, 0.1) is 0 Å². The number of nitrogens with one attached hydrogen (secondary N) is 1. The Kier molecular flexibility index (Phi) is 6.27. The largest absolute Gasteiger partial charge is 0.342 e. The summed E-state index contributed by atoms with van der Waals surface area (Å²) in [6.45, 7) is 0.334. The van der Waals surface area contributed by atoms with E-state index in [-0.39, 0.29) is 6.54 Å². The molecule has 1 aliphatic heterocycles. The highest BCUT2D eigenvalue weighted by atomic mass is 32.2. The van der Waals surface area contributed by atoms with Crippen molar-refractivity contribution in [3.8, 4) is 0 Å². The molecule has 2 heterocycles. The molecular weight excluding hydrogens is 494 g/mol. The van der Waals surface area contributed by atoms with Gasteiger partial charge in [0.15, 0.2) is 0 Å². The first-order chi connectivity index (χ1) is 18.5. The summed E-state index contributed by atoms with van der Waals surface area (Å²) in [5.74, 6) is -0.888. The monoisotopic (exact) mass is 517 g/mol. The summed E-state index contributed by atoms with van der Waals surface area (Å²) in [7, 11) is 0. The van der Waals surface area contributed by atoms with Crippen LogP contribution in [0.4, 0.5) is 10.5 Å². The summed E-state index contributed by atoms with van der Waals surface area (Å²) in [5, 5.41) is 5.64. The Balaban J connectivity index is 1.25. The summed E-state index contributed by atoms with van der Waals surface area (Å²) in [5.41, 5.74) is 3.66. The minimum Gasteiger partial charge on any atom is -0.342 e. The minimum atomic E-state index is -0.463. The van der Waals surface area contributed by atoms with E-state index in [0.29, 0.717) is 17.1 Å². The zero-order valence-electron chi connectivity index (χ0n) is 20.3. The Morgan fingerprint density at radius 2 is 1.58 bits per heavy atom. The maximum Gasteiger partial charge on any atom is 0.294 e. The van der Waals surface area contributed by atoms with Crippen LogP contribution in [0.25, 0.3) is 27.8 Å². The third-order valence-corrected chi connectivity index (χ3v) is 7.41. The maximum absolute atomic E-state index is 13.1. The number of fused-ring (bicyclic) bond motifs is 2. The minimum absolute atomic E-state index is 0.302. The third-order valence-electron chi connectivity index (χ3n) is 6.51. The van der Waals surface area contributed by atoms with Crippen LogP contribution in [0.2, 0.25) is 0 Å². The van der Waals surface area contributed by atoms with E-state index in [4.69, 9.17) is 0 Å². The van der Waals surface area contributed by atoms with Gasteiger partial charge >= 0.3 is 0 Å². The van der Waals surface area contributed by atoms with Crippen LogP contribution in [-0.4, -0.2) is 33.1 Å². The normalized spacial score (nSPS) is 14.6. The van der Waals surface area contributed by atoms with Gasteiger partial charge in [0, 0.05) is 34.9 Å². The van der Waals surface area contributed by atoms with Gasteiger partial charge in [-0.3, -0.25) is 19.3 Å². The Labute approximate surface area is 223 Å². The van der Waals surface area contributed by atoms with Gasteiger partial charge in [-0.05, 0) is 58.4 Å². The van der Waals surface area contributed by atoms with E-state index >= 15 is 0 Å². The van der Waals surface area contributed by atoms with E-state index in [0.717, 1.165) is 33.1 Å². The molecule has 0 radical (unpaired) electrons. The summed E-state index contributed by atoms with van der Waals surface area (Å²) in [6, 6.07) is 31.7. The number of amides is 3. The smallest absolute Gasteiger partial charge is 0.294 e. The van der Waals surface area contributed by atoms with E-state index < -0.39 is 17.1 Å². The molecule has 5 aromatic rings. The zero-order valence-corrected chi connectivity index (χ0v) is 21.2. The third kappa shape index (κ3) is 4.71. The molecule has 1 saturated heterocycles. The van der Waals surface area contributed by atoms with Crippen LogP contribution in [0.3, 0.4) is 0 Å². The highest BCUT2D eigenvalue weighted by molar-refractivity contribution is 8.18. The molecule has 6 rings (SSSR count). The molecular formula is C31H23N3O3S. The summed E-state index contributed by atoms with van der Waals surface area (Å²) >= 11 is 0.857. The van der Waals surface area contributed by atoms with Gasteiger partial charge in [-0.1, -0.05) is 72.8 Å². The van der Waals surface area contributed by atoms with E-state index in [9.17, 15) is 14.4 Å². The number of nitrogens with zero attached hydrogens (tertiary/aromatic N) is 2. The average Bonchev–Trinajstić information content (AvgIpc) is 3.41. The van der Waals surface area contributed by atoms with Gasteiger partial charge in [-0.2, -0.15) is 0 Å². The molecule has 7 heteroatoms. The number of anilines is 1. The lowest BCUT2D eigenvalue weighted by molar-refractivity contribution is -0.127. The number of aromatic nitrogens is 1. The zero-order chi connectivity index (χ0) is 26.1. The molecule has 38 heavy (non-hydrogen) atoms. The average molecular weight is 518 g/mol. The van der Waals surface area contributed by atoms with Crippen molar-refractivity contribution in [2.75, 3.05) is 11.9 Å². The number of para-hydroxylation sites is 2. The van der Waals surface area contributed by atoms with E-state index in [2.05, 4.69) is 40.2 Å². The molecule has 1 fully saturated rings. The van der Waals surface area contributed by atoms with Crippen molar-refractivity contribution >= 4 is 62.3 Å². The predicted molar refractivity (Wildman–Crippen MR) is 153 cm³/mol. The second-order valence-electron chi connectivity index (χ2n) is 9.09. The van der Waals surface area contributed by atoms with Gasteiger partial charge < -0.3 is 9.88 Å². The van der Waals surface area contributed by atoms with E-state index in [1.165, 1.54) is 16.3 Å². The van der Waals surface area contributed by atoms with Gasteiger partial charge in [0.05, 0.1) is 4.91 Å². The fraction of sp³-hybridized carbons (Fsp3) is 0.0645. The molecule has 1 aliphatic rings. The fourth-order valence-electron chi connectivity index (χ4n) is 4.70. The number of thioether (sulfide) groups is 1. The maximum atomic E-state index is 13.1. The molecule has 0 spiro atoms. The Morgan fingerprint density at radius 3 is 2.42 bits per heavy atom. The highest BCUT2D eigenvalue weighted by Crippen LogP contribution is 2.34. The molecule has 0 unspecified atom stereocenters. The van der Waals surface area contributed by atoms with Gasteiger partial charge in [0.2, 0.25) is 5.91 Å². The molecule has 0 bridgehead atoms. The summed E-state index contributed by atoms with van der Waals surface area (Å²) in [4.78, 5) is 39.5. The lowest BCUT2D eigenvalue weighted by atomic mass is 10.1. The first-order valence-electron chi connectivity index (χ1n) is 12.2. The molecule has 3 amide bonds. The summed E-state index contributed by atoms with van der Waals surface area (Å²) in [6.07, 6.45) is 3.76. The number of carbonyl (C=O) groups excluding carboxylic acids is 3. The Morgan fingerprint density at radius 1 is 0.842 bits per heavy atom. The van der Waals surface area contributed by atoms with Crippen molar-refractivity contribution in [2.45, 2.75) is 6.54 Å². The van der Waals surface area contributed by atoms with Crippen molar-refractivity contribution in [3.05, 3.63) is 119 Å². The number of imide groups is 1. The van der Waals surface area contributed by atoms with Gasteiger partial charge in [0.25, 0.3) is 11.1 Å². The highest BCUT2D eigenvalue weighted by Gasteiger charge is 2.36. The lowest BCUT2D eigenvalue weighted by Crippen LogP contribution is -2.36. The number of hydrogen-bond donors (Lipinski definition) is 1. The van der Waals surface area contributed by atoms with Crippen LogP contribution in [0.1, 0.15) is 11.1 Å². The van der Waals surface area contributed by atoms with Crippen molar-refractivity contribution in [1.29, 1.82) is 0 Å². The molecule has 1 aromatic heterocycles. The second kappa shape index (κ2) is 10.0. The first-order valence-corrected chi connectivity index (χ1v) is 13.0. The first kappa shape index (κ1) is 23.8. The van der Waals surface area contributed by atoms with Crippen LogP contribution < -0.4 is 5.32 Å². The second-order valence-corrected chi connectivity index (χ2v) is 10.1. The lowest BCUT2D eigenvalue weighted by Gasteiger charge is -2.12. The standard InChI is InChI=1S/C31H23N3O3S/c35-29(32-25-10-2-1-3-11-25)20-34-30(36)28(38-31(34)37)17-24-19-33(27-13-7-6-12-26(24)27)18-21-14-15-22-8-4-5-9-23(22)16-21/h1-17,19H,18,20H2,(H,32,35)/b28-17-. The molecule has 1 N–H and O–H groups in total. The molecule has 4 aromatic carbocycles. The van der Waals surface area contributed by atoms with Crippen molar-refractivity contribution in [2.24, 2.45) is 0 Å². The van der Waals surface area contributed by atoms with E-state index in [1.54, 1.807) is 30.3 Å². The molecule has 0 saturated carbocycles. The molecule has 6 nitrogen and oxygen atoms in total.